The molecule has 0 spiro atoms. The van der Waals surface area contributed by atoms with Crippen molar-refractivity contribution in [3.8, 4) is 5.69 Å². The third-order valence-electron chi connectivity index (χ3n) is 2.79. The average molecular weight is 448 g/mol. The number of aromatic nitrogens is 2. The number of fused-ring (bicyclic) bond motifs is 1. The molecule has 0 saturated heterocycles. The van der Waals surface area contributed by atoms with Crippen LogP contribution in [0.25, 0.3) is 16.7 Å². The first-order valence-corrected chi connectivity index (χ1v) is 7.70. The van der Waals surface area contributed by atoms with E-state index >= 15 is 0 Å². The highest BCUT2D eigenvalue weighted by Crippen LogP contribution is 2.30. The van der Waals surface area contributed by atoms with Crippen molar-refractivity contribution in [3.05, 3.63) is 49.5 Å². The van der Waals surface area contributed by atoms with Crippen molar-refractivity contribution >= 4 is 67.1 Å². The summed E-state index contributed by atoms with van der Waals surface area (Å²) in [6, 6.07) is 11.7. The predicted octanol–water partition coefficient (Wildman–Crippen LogP) is 4.63. The Morgan fingerprint density at radius 1 is 1.21 bits per heavy atom. The number of hydrogen-bond donors (Lipinski definition) is 1. The van der Waals surface area contributed by atoms with E-state index in [0.717, 1.165) is 24.8 Å². The van der Waals surface area contributed by atoms with Gasteiger partial charge < -0.3 is 5.73 Å². The summed E-state index contributed by atoms with van der Waals surface area (Å²) in [7, 11) is 0. The molecule has 96 valence electrons. The lowest BCUT2D eigenvalue weighted by molar-refractivity contribution is 1.11. The van der Waals surface area contributed by atoms with Crippen LogP contribution in [0, 0.1) is 3.57 Å². The Morgan fingerprint density at radius 3 is 2.74 bits per heavy atom. The number of halogens is 3. The van der Waals surface area contributed by atoms with Gasteiger partial charge in [0, 0.05) is 8.04 Å². The van der Waals surface area contributed by atoms with Gasteiger partial charge in [-0.25, -0.2) is 4.98 Å². The molecule has 0 radical (unpaired) electrons. The molecule has 0 amide bonds. The van der Waals surface area contributed by atoms with Gasteiger partial charge in [-0.3, -0.25) is 4.57 Å². The summed E-state index contributed by atoms with van der Waals surface area (Å²) in [4.78, 5) is 4.38. The largest absolute Gasteiger partial charge is 0.369 e. The van der Waals surface area contributed by atoms with Crippen LogP contribution >= 0.6 is 50.1 Å². The van der Waals surface area contributed by atoms with Gasteiger partial charge in [-0.15, -0.1) is 0 Å². The minimum Gasteiger partial charge on any atom is -0.369 e. The van der Waals surface area contributed by atoms with E-state index in [9.17, 15) is 0 Å². The van der Waals surface area contributed by atoms with Gasteiger partial charge in [-0.05, 0) is 59.0 Å². The topological polar surface area (TPSA) is 43.8 Å². The molecule has 3 aromatic rings. The molecule has 3 rings (SSSR count). The SMILES string of the molecule is Nc1nc2cc(I)ccc2n1-c1ccc(Br)cc1Cl. The van der Waals surface area contributed by atoms with Crippen molar-refractivity contribution in [2.75, 3.05) is 5.73 Å². The first kappa shape index (κ1) is 13.2. The maximum absolute atomic E-state index is 6.29. The molecule has 1 aromatic heterocycles. The number of anilines is 1. The highest BCUT2D eigenvalue weighted by Gasteiger charge is 2.12. The Balaban J connectivity index is 2.33. The highest BCUT2D eigenvalue weighted by molar-refractivity contribution is 14.1. The number of nitrogen functional groups attached to an aromatic ring is 1. The monoisotopic (exact) mass is 447 g/mol. The van der Waals surface area contributed by atoms with Crippen LogP contribution in [0.4, 0.5) is 5.95 Å². The summed E-state index contributed by atoms with van der Waals surface area (Å²) >= 11 is 11.9. The van der Waals surface area contributed by atoms with Gasteiger partial charge in [0.1, 0.15) is 0 Å². The summed E-state index contributed by atoms with van der Waals surface area (Å²) in [5.41, 5.74) is 8.66. The summed E-state index contributed by atoms with van der Waals surface area (Å²) in [6.45, 7) is 0. The molecular formula is C13H8BrClIN3. The minimum absolute atomic E-state index is 0.432. The average Bonchev–Trinajstić information content (AvgIpc) is 2.65. The van der Waals surface area contributed by atoms with Gasteiger partial charge in [0.25, 0.3) is 0 Å². The number of hydrogen-bond acceptors (Lipinski definition) is 2. The zero-order valence-electron chi connectivity index (χ0n) is 9.57. The van der Waals surface area contributed by atoms with E-state index in [4.69, 9.17) is 17.3 Å². The van der Waals surface area contributed by atoms with E-state index < -0.39 is 0 Å². The van der Waals surface area contributed by atoms with Crippen LogP contribution in [0.2, 0.25) is 5.02 Å². The van der Waals surface area contributed by atoms with Crippen molar-refractivity contribution in [3.63, 3.8) is 0 Å². The second-order valence-electron chi connectivity index (χ2n) is 4.03. The third kappa shape index (κ3) is 2.34. The number of rotatable bonds is 1. The molecule has 6 heteroatoms. The fourth-order valence-electron chi connectivity index (χ4n) is 1.99. The Bertz CT molecular complexity index is 785. The van der Waals surface area contributed by atoms with Crippen LogP contribution in [0.15, 0.2) is 40.9 Å². The van der Waals surface area contributed by atoms with Crippen LogP contribution in [-0.2, 0) is 0 Å². The third-order valence-corrected chi connectivity index (χ3v) is 4.26. The minimum atomic E-state index is 0.432. The lowest BCUT2D eigenvalue weighted by Crippen LogP contribution is -2.01. The number of nitrogens with zero attached hydrogens (tertiary/aromatic N) is 2. The van der Waals surface area contributed by atoms with Crippen molar-refractivity contribution < 1.29 is 0 Å². The Kier molecular flexibility index (Phi) is 3.44. The van der Waals surface area contributed by atoms with Crippen LogP contribution in [-0.4, -0.2) is 9.55 Å². The molecule has 19 heavy (non-hydrogen) atoms. The van der Waals surface area contributed by atoms with Gasteiger partial charge in [0.05, 0.1) is 21.7 Å². The molecule has 0 aliphatic heterocycles. The molecule has 0 bridgehead atoms. The molecule has 1 heterocycles. The Hall–Kier alpha value is -0.790. The summed E-state index contributed by atoms with van der Waals surface area (Å²) < 4.78 is 3.91. The van der Waals surface area contributed by atoms with Gasteiger partial charge in [-0.2, -0.15) is 0 Å². The lowest BCUT2D eigenvalue weighted by Gasteiger charge is -2.09. The van der Waals surface area contributed by atoms with Gasteiger partial charge in [0.2, 0.25) is 5.95 Å². The van der Waals surface area contributed by atoms with E-state index in [1.54, 1.807) is 0 Å². The van der Waals surface area contributed by atoms with E-state index in [2.05, 4.69) is 43.5 Å². The summed E-state index contributed by atoms with van der Waals surface area (Å²) in [5.74, 6) is 0.432. The number of imidazole rings is 1. The number of benzene rings is 2. The second kappa shape index (κ2) is 4.96. The van der Waals surface area contributed by atoms with Gasteiger partial charge >= 0.3 is 0 Å². The molecule has 2 N–H and O–H groups in total. The summed E-state index contributed by atoms with van der Waals surface area (Å²) in [5, 5.41) is 0.624. The van der Waals surface area contributed by atoms with Crippen molar-refractivity contribution in [1.29, 1.82) is 0 Å². The smallest absolute Gasteiger partial charge is 0.205 e. The van der Waals surface area contributed by atoms with Crippen molar-refractivity contribution in [2.24, 2.45) is 0 Å². The molecule has 0 atom stereocenters. The second-order valence-corrected chi connectivity index (χ2v) is 6.60. The molecular weight excluding hydrogens is 440 g/mol. The maximum Gasteiger partial charge on any atom is 0.205 e. The Labute approximate surface area is 137 Å². The van der Waals surface area contributed by atoms with Crippen LogP contribution in [0.5, 0.6) is 0 Å². The fraction of sp³-hybridized carbons (Fsp3) is 0. The Morgan fingerprint density at radius 2 is 2.00 bits per heavy atom. The van der Waals surface area contributed by atoms with Crippen LogP contribution in [0.1, 0.15) is 0 Å². The molecule has 3 nitrogen and oxygen atoms in total. The summed E-state index contributed by atoms with van der Waals surface area (Å²) in [6.07, 6.45) is 0. The zero-order valence-corrected chi connectivity index (χ0v) is 14.1. The normalized spacial score (nSPS) is 11.1. The van der Waals surface area contributed by atoms with Crippen LogP contribution < -0.4 is 5.73 Å². The van der Waals surface area contributed by atoms with Gasteiger partial charge in [0.15, 0.2) is 0 Å². The fourth-order valence-corrected chi connectivity index (χ4v) is 3.22. The van der Waals surface area contributed by atoms with Crippen molar-refractivity contribution in [1.82, 2.24) is 9.55 Å². The van der Waals surface area contributed by atoms with Crippen LogP contribution in [0.3, 0.4) is 0 Å². The van der Waals surface area contributed by atoms with E-state index in [1.807, 2.05) is 41.0 Å². The highest BCUT2D eigenvalue weighted by atomic mass is 127. The molecule has 0 aliphatic rings. The van der Waals surface area contributed by atoms with E-state index in [1.165, 1.54) is 0 Å². The zero-order chi connectivity index (χ0) is 13.6. The first-order chi connectivity index (χ1) is 9.06. The van der Waals surface area contributed by atoms with E-state index in [0.29, 0.717) is 11.0 Å². The molecule has 0 fully saturated rings. The predicted molar refractivity (Wildman–Crippen MR) is 90.9 cm³/mol. The quantitative estimate of drug-likeness (QED) is 0.552. The first-order valence-electron chi connectivity index (χ1n) is 5.45. The maximum atomic E-state index is 6.29. The lowest BCUT2D eigenvalue weighted by atomic mass is 10.3. The molecule has 0 saturated carbocycles. The molecule has 0 aliphatic carbocycles. The molecule has 0 unspecified atom stereocenters. The van der Waals surface area contributed by atoms with Gasteiger partial charge in [-0.1, -0.05) is 27.5 Å². The number of nitrogens with two attached hydrogens (primary N) is 1. The van der Waals surface area contributed by atoms with Crippen molar-refractivity contribution in [2.45, 2.75) is 0 Å². The molecule has 2 aromatic carbocycles. The standard InChI is InChI=1S/C13H8BrClIN3/c14-7-1-3-11(9(15)5-7)19-12-4-2-8(16)6-10(12)18-13(19)17/h1-6H,(H2,17,18). The van der Waals surface area contributed by atoms with E-state index in [-0.39, 0.29) is 0 Å².